The first-order chi connectivity index (χ1) is 17.1. The molecule has 9 heteroatoms. The maximum atomic E-state index is 13.7. The minimum atomic E-state index is -1.13. The number of benzene rings is 2. The van der Waals surface area contributed by atoms with Gasteiger partial charge in [-0.05, 0) is 31.9 Å². The number of nitrogens with zero attached hydrogens (tertiary/aromatic N) is 1. The summed E-state index contributed by atoms with van der Waals surface area (Å²) < 4.78 is 11.4. The van der Waals surface area contributed by atoms with E-state index in [0.29, 0.717) is 5.75 Å². The number of halogens is 1. The van der Waals surface area contributed by atoms with Crippen molar-refractivity contribution in [2.75, 3.05) is 12.3 Å². The van der Waals surface area contributed by atoms with Gasteiger partial charge in [0.25, 0.3) is 0 Å². The van der Waals surface area contributed by atoms with E-state index in [9.17, 15) is 14.4 Å². The Hall–Kier alpha value is -2.97. The normalized spacial score (nSPS) is 23.7. The third-order valence-electron chi connectivity index (χ3n) is 6.00. The topological polar surface area (TPSA) is 84.9 Å². The summed E-state index contributed by atoms with van der Waals surface area (Å²) in [5.41, 5.74) is 1.17. The standard InChI is InChI=1S/C27H29ClN2O5S/c1-26(2,3)35-25(33)29-20-22(31)30-16-27(14-15-28,17-36-23(20)30)24(32)34-21(18-10-6-4-7-11-18)19-12-8-5-9-13-19/h4-15,20-21,23H,16-17H2,1-3H3,(H,29,33)/t20?,23-,27?/m1/s1. The predicted octanol–water partition coefficient (Wildman–Crippen LogP) is 4.87. The molecule has 4 rings (SSSR count). The van der Waals surface area contributed by atoms with Gasteiger partial charge in [-0.1, -0.05) is 78.3 Å². The Balaban J connectivity index is 1.51. The van der Waals surface area contributed by atoms with Crippen LogP contribution in [0.25, 0.3) is 0 Å². The first-order valence-electron chi connectivity index (χ1n) is 11.6. The Labute approximate surface area is 220 Å². The van der Waals surface area contributed by atoms with E-state index in [0.717, 1.165) is 11.1 Å². The van der Waals surface area contributed by atoms with Gasteiger partial charge < -0.3 is 19.7 Å². The number of rotatable bonds is 6. The molecule has 0 radical (unpaired) electrons. The lowest BCUT2D eigenvalue weighted by Gasteiger charge is -2.53. The Morgan fingerprint density at radius 3 is 2.22 bits per heavy atom. The highest BCUT2D eigenvalue weighted by molar-refractivity contribution is 8.00. The minimum absolute atomic E-state index is 0.106. The maximum Gasteiger partial charge on any atom is 0.408 e. The summed E-state index contributed by atoms with van der Waals surface area (Å²) >= 11 is 7.36. The highest BCUT2D eigenvalue weighted by atomic mass is 35.5. The number of carbonyl (C=O) groups is 3. The fourth-order valence-corrected chi connectivity index (χ4v) is 6.00. The number of β-lactam (4-membered cyclic amide) rings is 1. The van der Waals surface area contributed by atoms with Crippen LogP contribution in [0.2, 0.25) is 0 Å². The molecule has 2 aromatic carbocycles. The van der Waals surface area contributed by atoms with Crippen molar-refractivity contribution in [2.24, 2.45) is 5.41 Å². The van der Waals surface area contributed by atoms with Gasteiger partial charge in [0, 0.05) is 17.8 Å². The van der Waals surface area contributed by atoms with Gasteiger partial charge in [0.1, 0.15) is 22.4 Å². The summed E-state index contributed by atoms with van der Waals surface area (Å²) in [4.78, 5) is 40.4. The lowest BCUT2D eigenvalue weighted by Crippen LogP contribution is -2.73. The van der Waals surface area contributed by atoms with Crippen LogP contribution in [-0.2, 0) is 19.1 Å². The first-order valence-corrected chi connectivity index (χ1v) is 13.1. The molecule has 3 atom stereocenters. The summed E-state index contributed by atoms with van der Waals surface area (Å²) in [7, 11) is 0. The molecule has 190 valence electrons. The number of carbonyl (C=O) groups excluding carboxylic acids is 3. The van der Waals surface area contributed by atoms with Gasteiger partial charge in [-0.3, -0.25) is 9.59 Å². The average Bonchev–Trinajstić information content (AvgIpc) is 2.86. The Morgan fingerprint density at radius 2 is 1.69 bits per heavy atom. The number of alkyl carbamates (subject to hydrolysis) is 1. The maximum absolute atomic E-state index is 13.7. The molecule has 2 aromatic rings. The van der Waals surface area contributed by atoms with Crippen LogP contribution in [0.5, 0.6) is 0 Å². The van der Waals surface area contributed by atoms with E-state index in [-0.39, 0.29) is 17.8 Å². The third-order valence-corrected chi connectivity index (χ3v) is 7.67. The molecule has 36 heavy (non-hydrogen) atoms. The van der Waals surface area contributed by atoms with Gasteiger partial charge in [-0.25, -0.2) is 4.79 Å². The van der Waals surface area contributed by atoms with E-state index in [1.54, 1.807) is 31.7 Å². The molecule has 2 aliphatic rings. The predicted molar refractivity (Wildman–Crippen MR) is 139 cm³/mol. The van der Waals surface area contributed by atoms with E-state index >= 15 is 0 Å². The molecule has 2 unspecified atom stereocenters. The molecule has 0 aliphatic carbocycles. The number of nitrogens with one attached hydrogen (secondary N) is 1. The number of esters is 1. The van der Waals surface area contributed by atoms with Crippen molar-refractivity contribution in [3.8, 4) is 0 Å². The van der Waals surface area contributed by atoms with E-state index in [1.165, 1.54) is 17.3 Å². The Kier molecular flexibility index (Phi) is 7.66. The number of hydrogen-bond donors (Lipinski definition) is 1. The minimum Gasteiger partial charge on any atom is -0.452 e. The molecule has 0 saturated carbocycles. The molecular formula is C27H29ClN2O5S. The van der Waals surface area contributed by atoms with E-state index in [2.05, 4.69) is 5.32 Å². The third kappa shape index (κ3) is 5.55. The van der Waals surface area contributed by atoms with Gasteiger partial charge in [0.2, 0.25) is 5.91 Å². The summed E-state index contributed by atoms with van der Waals surface area (Å²) in [6.45, 7) is 5.38. The molecule has 2 fully saturated rings. The summed E-state index contributed by atoms with van der Waals surface area (Å²) in [6, 6.07) is 18.3. The molecule has 2 saturated heterocycles. The van der Waals surface area contributed by atoms with Crippen molar-refractivity contribution in [3.63, 3.8) is 0 Å². The second-order valence-electron chi connectivity index (χ2n) is 9.85. The van der Waals surface area contributed by atoms with Crippen LogP contribution < -0.4 is 5.32 Å². The van der Waals surface area contributed by atoms with Gasteiger partial charge in [0.15, 0.2) is 6.10 Å². The lowest BCUT2D eigenvalue weighted by atomic mass is 9.87. The molecule has 2 aliphatic heterocycles. The van der Waals surface area contributed by atoms with E-state index < -0.39 is 35.2 Å². The lowest BCUT2D eigenvalue weighted by molar-refractivity contribution is -0.161. The van der Waals surface area contributed by atoms with Gasteiger partial charge in [-0.2, -0.15) is 0 Å². The fraction of sp³-hybridized carbons (Fsp3) is 0.370. The Morgan fingerprint density at radius 1 is 1.11 bits per heavy atom. The summed E-state index contributed by atoms with van der Waals surface area (Å²) in [6.07, 6.45) is 0.332. The molecule has 2 amide bonds. The van der Waals surface area contributed by atoms with Crippen molar-refractivity contribution >= 4 is 41.3 Å². The highest BCUT2D eigenvalue weighted by Gasteiger charge is 2.57. The number of hydrogen-bond acceptors (Lipinski definition) is 6. The monoisotopic (exact) mass is 528 g/mol. The smallest absolute Gasteiger partial charge is 0.408 e. The second kappa shape index (κ2) is 10.6. The number of thioether (sulfide) groups is 1. The zero-order valence-corrected chi connectivity index (χ0v) is 21.9. The van der Waals surface area contributed by atoms with Crippen molar-refractivity contribution in [1.82, 2.24) is 10.2 Å². The number of ether oxygens (including phenoxy) is 2. The Bertz CT molecular complexity index is 1100. The van der Waals surface area contributed by atoms with Gasteiger partial charge in [0.05, 0.1) is 0 Å². The molecule has 2 heterocycles. The van der Waals surface area contributed by atoms with Crippen molar-refractivity contribution in [3.05, 3.63) is 83.4 Å². The molecule has 0 bridgehead atoms. The zero-order chi connectivity index (χ0) is 25.9. The highest BCUT2D eigenvalue weighted by Crippen LogP contribution is 2.44. The summed E-state index contributed by atoms with van der Waals surface area (Å²) in [5, 5.41) is 2.35. The van der Waals surface area contributed by atoms with Crippen molar-refractivity contribution in [1.29, 1.82) is 0 Å². The van der Waals surface area contributed by atoms with Crippen LogP contribution in [0.3, 0.4) is 0 Å². The molecule has 0 spiro atoms. The van der Waals surface area contributed by atoms with Crippen LogP contribution in [-0.4, -0.2) is 52.2 Å². The quantitative estimate of drug-likeness (QED) is 0.425. The van der Waals surface area contributed by atoms with E-state index in [4.69, 9.17) is 21.1 Å². The largest absolute Gasteiger partial charge is 0.452 e. The van der Waals surface area contributed by atoms with Crippen LogP contribution >= 0.6 is 23.4 Å². The second-order valence-corrected chi connectivity index (χ2v) is 11.2. The molecule has 7 nitrogen and oxygen atoms in total. The first kappa shape index (κ1) is 26.1. The summed E-state index contributed by atoms with van der Waals surface area (Å²) in [5.74, 6) is -0.410. The molecular weight excluding hydrogens is 500 g/mol. The van der Waals surface area contributed by atoms with Crippen molar-refractivity contribution in [2.45, 2.75) is 43.9 Å². The average molecular weight is 529 g/mol. The van der Waals surface area contributed by atoms with Crippen molar-refractivity contribution < 1.29 is 23.9 Å². The SMILES string of the molecule is CC(C)(C)OC(=O)NC1C(=O)N2CC(C=CCl)(C(=O)OC(c3ccccc3)c3ccccc3)CS[C@H]12. The molecule has 0 aromatic heterocycles. The van der Waals surface area contributed by atoms with Crippen LogP contribution in [0.15, 0.2) is 72.3 Å². The molecule has 1 N–H and O–H groups in total. The van der Waals surface area contributed by atoms with E-state index in [1.807, 2.05) is 60.7 Å². The zero-order valence-electron chi connectivity index (χ0n) is 20.3. The van der Waals surface area contributed by atoms with Crippen LogP contribution in [0, 0.1) is 5.41 Å². The number of amides is 2. The fourth-order valence-electron chi connectivity index (χ4n) is 4.25. The van der Waals surface area contributed by atoms with Gasteiger partial charge in [-0.15, -0.1) is 11.8 Å². The van der Waals surface area contributed by atoms with Crippen LogP contribution in [0.1, 0.15) is 38.0 Å². The van der Waals surface area contributed by atoms with Gasteiger partial charge >= 0.3 is 12.1 Å². The number of fused-ring (bicyclic) bond motifs is 1. The van der Waals surface area contributed by atoms with Crippen LogP contribution in [0.4, 0.5) is 4.79 Å².